The van der Waals surface area contributed by atoms with Crippen LogP contribution in [0.25, 0.3) is 0 Å². The van der Waals surface area contributed by atoms with Crippen LogP contribution in [0.2, 0.25) is 0 Å². The van der Waals surface area contributed by atoms with Gasteiger partial charge in [-0.05, 0) is 34.1 Å². The van der Waals surface area contributed by atoms with Crippen molar-refractivity contribution in [2.75, 3.05) is 6.54 Å². The van der Waals surface area contributed by atoms with Crippen molar-refractivity contribution in [3.63, 3.8) is 0 Å². The maximum Gasteiger partial charge on any atom is 0.146 e. The first-order chi connectivity index (χ1) is 10.1. The summed E-state index contributed by atoms with van der Waals surface area (Å²) in [5.74, 6) is -2.19. The molecule has 0 bridgehead atoms. The van der Waals surface area contributed by atoms with Crippen molar-refractivity contribution in [1.29, 1.82) is 0 Å². The Morgan fingerprint density at radius 1 is 0.909 bits per heavy atom. The standard InChI is InChI=1S/C16H28N2O4/c1-6-7-8-15(10(2)19,11(3)20)16(12(4)21,13(5)22)14(18)9-17/h14H,6-9,17-18H2,1-5H3. The van der Waals surface area contributed by atoms with Crippen molar-refractivity contribution in [3.8, 4) is 0 Å². The van der Waals surface area contributed by atoms with E-state index in [4.69, 9.17) is 11.5 Å². The molecule has 0 saturated heterocycles. The van der Waals surface area contributed by atoms with Crippen molar-refractivity contribution in [2.45, 2.75) is 59.9 Å². The van der Waals surface area contributed by atoms with Crippen LogP contribution in [0.15, 0.2) is 0 Å². The largest absolute Gasteiger partial charge is 0.329 e. The zero-order valence-electron chi connectivity index (χ0n) is 14.2. The highest BCUT2D eigenvalue weighted by atomic mass is 16.2. The second-order valence-electron chi connectivity index (χ2n) is 5.88. The van der Waals surface area contributed by atoms with Gasteiger partial charge in [-0.15, -0.1) is 0 Å². The molecule has 22 heavy (non-hydrogen) atoms. The van der Waals surface area contributed by atoms with Gasteiger partial charge in [0.1, 0.15) is 34.0 Å². The Labute approximate surface area is 132 Å². The maximum absolute atomic E-state index is 12.5. The van der Waals surface area contributed by atoms with E-state index in [0.29, 0.717) is 12.8 Å². The molecule has 0 aliphatic rings. The van der Waals surface area contributed by atoms with Crippen molar-refractivity contribution in [2.24, 2.45) is 22.3 Å². The highest BCUT2D eigenvalue weighted by Gasteiger charge is 2.65. The average Bonchev–Trinajstić information content (AvgIpc) is 2.40. The van der Waals surface area contributed by atoms with E-state index in [1.54, 1.807) is 0 Å². The Morgan fingerprint density at radius 3 is 1.55 bits per heavy atom. The summed E-state index contributed by atoms with van der Waals surface area (Å²) in [6, 6.07) is -1.09. The molecule has 0 aromatic carbocycles. The van der Waals surface area contributed by atoms with Crippen LogP contribution in [-0.4, -0.2) is 35.7 Å². The van der Waals surface area contributed by atoms with E-state index in [1.807, 2.05) is 6.92 Å². The molecule has 4 N–H and O–H groups in total. The molecule has 0 radical (unpaired) electrons. The van der Waals surface area contributed by atoms with E-state index < -0.39 is 40.0 Å². The number of Topliss-reactive ketones (excluding diaryl/α,β-unsaturated/α-hetero) is 4. The predicted molar refractivity (Wildman–Crippen MR) is 84.1 cm³/mol. The Balaban J connectivity index is 6.77. The van der Waals surface area contributed by atoms with Crippen molar-refractivity contribution in [1.82, 2.24) is 0 Å². The number of rotatable bonds is 10. The first-order valence-corrected chi connectivity index (χ1v) is 7.57. The zero-order chi connectivity index (χ0) is 17.7. The Kier molecular flexibility index (Phi) is 7.25. The number of hydrogen-bond acceptors (Lipinski definition) is 6. The predicted octanol–water partition coefficient (Wildman–Crippen LogP) is 0.791. The third-order valence-corrected chi connectivity index (χ3v) is 4.70. The molecule has 0 saturated carbocycles. The minimum atomic E-state index is -1.91. The fourth-order valence-electron chi connectivity index (χ4n) is 3.66. The number of carbonyl (C=O) groups excluding carboxylic acids is 4. The van der Waals surface area contributed by atoms with Gasteiger partial charge in [-0.3, -0.25) is 19.2 Å². The summed E-state index contributed by atoms with van der Waals surface area (Å²) in [5, 5.41) is 0. The summed E-state index contributed by atoms with van der Waals surface area (Å²) in [4.78, 5) is 49.9. The van der Waals surface area contributed by atoms with Gasteiger partial charge >= 0.3 is 0 Å². The average molecular weight is 312 g/mol. The van der Waals surface area contributed by atoms with Gasteiger partial charge < -0.3 is 11.5 Å². The molecule has 0 aliphatic heterocycles. The fraction of sp³-hybridized carbons (Fsp3) is 0.750. The van der Waals surface area contributed by atoms with E-state index in [0.717, 1.165) is 0 Å². The lowest BCUT2D eigenvalue weighted by Crippen LogP contribution is -2.68. The number of hydrogen-bond donors (Lipinski definition) is 2. The van der Waals surface area contributed by atoms with Crippen molar-refractivity contribution >= 4 is 23.1 Å². The van der Waals surface area contributed by atoms with Gasteiger partial charge in [-0.25, -0.2) is 0 Å². The highest BCUT2D eigenvalue weighted by molar-refractivity contribution is 6.19. The van der Waals surface area contributed by atoms with Crippen LogP contribution >= 0.6 is 0 Å². The van der Waals surface area contributed by atoms with Crippen LogP contribution in [-0.2, 0) is 19.2 Å². The van der Waals surface area contributed by atoms with Crippen LogP contribution < -0.4 is 11.5 Å². The summed E-state index contributed by atoms with van der Waals surface area (Å²) in [7, 11) is 0. The molecule has 0 spiro atoms. The second kappa shape index (κ2) is 7.74. The molecule has 0 rings (SSSR count). The molecule has 0 amide bonds. The molecule has 1 unspecified atom stereocenters. The molecule has 1 atom stereocenters. The number of unbranched alkanes of at least 4 members (excludes halogenated alkanes) is 1. The summed E-state index contributed by atoms with van der Waals surface area (Å²) >= 11 is 0. The highest BCUT2D eigenvalue weighted by Crippen LogP contribution is 2.48. The van der Waals surface area contributed by atoms with E-state index in [-0.39, 0.29) is 13.0 Å². The Morgan fingerprint density at radius 2 is 1.32 bits per heavy atom. The molecular formula is C16H28N2O4. The van der Waals surface area contributed by atoms with Gasteiger partial charge in [0.2, 0.25) is 0 Å². The van der Waals surface area contributed by atoms with E-state index in [9.17, 15) is 19.2 Å². The summed E-state index contributed by atoms with van der Waals surface area (Å²) in [5.41, 5.74) is 7.97. The lowest BCUT2D eigenvalue weighted by Gasteiger charge is -2.47. The summed E-state index contributed by atoms with van der Waals surface area (Å²) in [6.07, 6.45) is 1.35. The fourth-order valence-corrected chi connectivity index (χ4v) is 3.66. The Hall–Kier alpha value is -1.40. The van der Waals surface area contributed by atoms with Gasteiger partial charge in [0, 0.05) is 12.6 Å². The smallest absolute Gasteiger partial charge is 0.146 e. The third kappa shape index (κ3) is 2.90. The summed E-state index contributed by atoms with van der Waals surface area (Å²) < 4.78 is 0. The SMILES string of the molecule is CCCCC(C(C)=O)(C(C)=O)C(C(C)=O)(C(C)=O)C(N)CN. The molecule has 0 fully saturated rings. The van der Waals surface area contributed by atoms with Crippen molar-refractivity contribution < 1.29 is 19.2 Å². The first-order valence-electron chi connectivity index (χ1n) is 7.57. The zero-order valence-corrected chi connectivity index (χ0v) is 14.2. The van der Waals surface area contributed by atoms with E-state index >= 15 is 0 Å². The van der Waals surface area contributed by atoms with Crippen LogP contribution in [0.3, 0.4) is 0 Å². The first kappa shape index (κ1) is 20.6. The molecule has 0 aromatic rings. The number of nitrogens with two attached hydrogens (primary N) is 2. The van der Waals surface area contributed by atoms with Crippen LogP contribution in [0, 0.1) is 10.8 Å². The molecule has 0 aromatic heterocycles. The quantitative estimate of drug-likeness (QED) is 0.575. The summed E-state index contributed by atoms with van der Waals surface area (Å²) in [6.45, 7) is 6.60. The minimum absolute atomic E-state index is 0.112. The number of carbonyl (C=O) groups is 4. The topological polar surface area (TPSA) is 120 Å². The lowest BCUT2D eigenvalue weighted by atomic mass is 9.51. The van der Waals surface area contributed by atoms with E-state index in [2.05, 4.69) is 0 Å². The van der Waals surface area contributed by atoms with Crippen molar-refractivity contribution in [3.05, 3.63) is 0 Å². The third-order valence-electron chi connectivity index (χ3n) is 4.70. The van der Waals surface area contributed by atoms with Gasteiger partial charge in [0.25, 0.3) is 0 Å². The van der Waals surface area contributed by atoms with Gasteiger partial charge in [-0.1, -0.05) is 19.8 Å². The van der Waals surface area contributed by atoms with Crippen LogP contribution in [0.1, 0.15) is 53.9 Å². The molecule has 6 nitrogen and oxygen atoms in total. The maximum atomic E-state index is 12.5. The molecular weight excluding hydrogens is 284 g/mol. The lowest BCUT2D eigenvalue weighted by molar-refractivity contribution is -0.165. The number of ketones is 4. The van der Waals surface area contributed by atoms with Gasteiger partial charge in [0.15, 0.2) is 0 Å². The van der Waals surface area contributed by atoms with Gasteiger partial charge in [0.05, 0.1) is 0 Å². The molecule has 6 heteroatoms. The molecule has 0 aliphatic carbocycles. The van der Waals surface area contributed by atoms with Crippen LogP contribution in [0.4, 0.5) is 0 Å². The molecule has 0 heterocycles. The normalized spacial score (nSPS) is 13.6. The monoisotopic (exact) mass is 312 g/mol. The van der Waals surface area contributed by atoms with Gasteiger partial charge in [-0.2, -0.15) is 0 Å². The Bertz CT molecular complexity index is 443. The molecule has 126 valence electrons. The second-order valence-corrected chi connectivity index (χ2v) is 5.88. The van der Waals surface area contributed by atoms with Crippen LogP contribution in [0.5, 0.6) is 0 Å². The van der Waals surface area contributed by atoms with E-state index in [1.165, 1.54) is 27.7 Å². The minimum Gasteiger partial charge on any atom is -0.329 e.